The number of hydrogen-bond donors (Lipinski definition) is 1. The predicted octanol–water partition coefficient (Wildman–Crippen LogP) is 2.98. The standard InChI is InChI=1S/C14H18FN3O2/c1-10(9-19-2)18-7-6-16-14(18)17-13-8-11(20-3)4-5-12(13)15/h4-8,10H,9H2,1-3H3,(H,16,17). The molecular formula is C14H18FN3O2. The number of halogens is 1. The van der Waals surface area contributed by atoms with E-state index >= 15 is 0 Å². The molecule has 1 N–H and O–H groups in total. The molecule has 5 nitrogen and oxygen atoms in total. The van der Waals surface area contributed by atoms with Crippen molar-refractivity contribution in [3.8, 4) is 5.75 Å². The molecule has 0 amide bonds. The number of rotatable bonds is 6. The maximum atomic E-state index is 13.8. The summed E-state index contributed by atoms with van der Waals surface area (Å²) >= 11 is 0. The lowest BCUT2D eigenvalue weighted by molar-refractivity contribution is 0.163. The van der Waals surface area contributed by atoms with Gasteiger partial charge < -0.3 is 19.4 Å². The first kappa shape index (κ1) is 14.3. The highest BCUT2D eigenvalue weighted by Crippen LogP contribution is 2.25. The average Bonchev–Trinajstić information content (AvgIpc) is 2.90. The maximum Gasteiger partial charge on any atom is 0.207 e. The predicted molar refractivity (Wildman–Crippen MR) is 75.0 cm³/mol. The van der Waals surface area contributed by atoms with Crippen LogP contribution in [0.2, 0.25) is 0 Å². The summed E-state index contributed by atoms with van der Waals surface area (Å²) in [6.45, 7) is 2.55. The molecule has 1 aromatic heterocycles. The highest BCUT2D eigenvalue weighted by molar-refractivity contribution is 5.57. The van der Waals surface area contributed by atoms with Gasteiger partial charge in [-0.2, -0.15) is 0 Å². The number of imidazole rings is 1. The van der Waals surface area contributed by atoms with Crippen molar-refractivity contribution >= 4 is 11.6 Å². The maximum absolute atomic E-state index is 13.8. The summed E-state index contributed by atoms with van der Waals surface area (Å²) in [5.41, 5.74) is 0.321. The van der Waals surface area contributed by atoms with Crippen LogP contribution in [-0.2, 0) is 4.74 Å². The van der Waals surface area contributed by atoms with Crippen LogP contribution in [0.15, 0.2) is 30.6 Å². The molecular weight excluding hydrogens is 261 g/mol. The van der Waals surface area contributed by atoms with Gasteiger partial charge in [0.1, 0.15) is 11.6 Å². The van der Waals surface area contributed by atoms with Crippen molar-refractivity contribution in [1.29, 1.82) is 0 Å². The van der Waals surface area contributed by atoms with E-state index in [0.717, 1.165) is 0 Å². The Labute approximate surface area is 117 Å². The summed E-state index contributed by atoms with van der Waals surface area (Å²) in [5, 5.41) is 2.98. The number of aromatic nitrogens is 2. The van der Waals surface area contributed by atoms with Crippen LogP contribution >= 0.6 is 0 Å². The highest BCUT2D eigenvalue weighted by Gasteiger charge is 2.12. The van der Waals surface area contributed by atoms with Gasteiger partial charge in [-0.15, -0.1) is 0 Å². The van der Waals surface area contributed by atoms with Gasteiger partial charge in [-0.05, 0) is 19.1 Å². The van der Waals surface area contributed by atoms with E-state index in [1.165, 1.54) is 6.07 Å². The van der Waals surface area contributed by atoms with Gasteiger partial charge in [0.25, 0.3) is 0 Å². The first-order valence-corrected chi connectivity index (χ1v) is 6.28. The Morgan fingerprint density at radius 1 is 1.40 bits per heavy atom. The Morgan fingerprint density at radius 3 is 2.90 bits per heavy atom. The van der Waals surface area contributed by atoms with Crippen LogP contribution in [0.25, 0.3) is 0 Å². The van der Waals surface area contributed by atoms with Crippen LogP contribution in [0.1, 0.15) is 13.0 Å². The molecule has 0 spiro atoms. The average molecular weight is 279 g/mol. The van der Waals surface area contributed by atoms with Gasteiger partial charge in [-0.1, -0.05) is 0 Å². The third kappa shape index (κ3) is 3.08. The zero-order valence-corrected chi connectivity index (χ0v) is 11.8. The molecule has 0 radical (unpaired) electrons. The van der Waals surface area contributed by atoms with Gasteiger partial charge in [0, 0.05) is 25.6 Å². The molecule has 0 fully saturated rings. The smallest absolute Gasteiger partial charge is 0.207 e. The minimum absolute atomic E-state index is 0.0960. The zero-order valence-electron chi connectivity index (χ0n) is 11.8. The number of benzene rings is 1. The molecule has 108 valence electrons. The Hall–Kier alpha value is -2.08. The van der Waals surface area contributed by atoms with Crippen LogP contribution in [0, 0.1) is 5.82 Å². The SMILES string of the molecule is COCC(C)n1ccnc1Nc1cc(OC)ccc1F. The van der Waals surface area contributed by atoms with Crippen molar-refractivity contribution in [2.75, 3.05) is 26.1 Å². The third-order valence-corrected chi connectivity index (χ3v) is 2.97. The molecule has 2 aromatic rings. The Bertz CT molecular complexity index is 571. The molecule has 0 saturated carbocycles. The monoisotopic (exact) mass is 279 g/mol. The second-order valence-corrected chi connectivity index (χ2v) is 4.43. The third-order valence-electron chi connectivity index (χ3n) is 2.97. The van der Waals surface area contributed by atoms with Crippen molar-refractivity contribution in [3.63, 3.8) is 0 Å². The Morgan fingerprint density at radius 2 is 2.20 bits per heavy atom. The molecule has 1 heterocycles. The molecule has 0 bridgehead atoms. The van der Waals surface area contributed by atoms with E-state index < -0.39 is 0 Å². The first-order valence-electron chi connectivity index (χ1n) is 6.28. The number of ether oxygens (including phenoxy) is 2. The first-order chi connectivity index (χ1) is 9.65. The van der Waals surface area contributed by atoms with E-state index in [4.69, 9.17) is 9.47 Å². The normalized spacial score (nSPS) is 12.2. The summed E-state index contributed by atoms with van der Waals surface area (Å²) in [6.07, 6.45) is 3.48. The number of nitrogens with one attached hydrogen (secondary N) is 1. The van der Waals surface area contributed by atoms with Crippen molar-refractivity contribution in [1.82, 2.24) is 9.55 Å². The number of hydrogen-bond acceptors (Lipinski definition) is 4. The lowest BCUT2D eigenvalue weighted by atomic mass is 10.3. The van der Waals surface area contributed by atoms with Gasteiger partial charge in [-0.25, -0.2) is 9.37 Å². The highest BCUT2D eigenvalue weighted by atomic mass is 19.1. The van der Waals surface area contributed by atoms with Gasteiger partial charge in [0.2, 0.25) is 5.95 Å². The lowest BCUT2D eigenvalue weighted by Gasteiger charge is -2.16. The molecule has 20 heavy (non-hydrogen) atoms. The van der Waals surface area contributed by atoms with Gasteiger partial charge >= 0.3 is 0 Å². The molecule has 0 saturated heterocycles. The van der Waals surface area contributed by atoms with Crippen molar-refractivity contribution in [2.45, 2.75) is 13.0 Å². The second kappa shape index (κ2) is 6.38. The van der Waals surface area contributed by atoms with Crippen LogP contribution < -0.4 is 10.1 Å². The Kier molecular flexibility index (Phi) is 4.57. The molecule has 1 atom stereocenters. The molecule has 6 heteroatoms. The number of methoxy groups -OCH3 is 2. The fourth-order valence-electron chi connectivity index (χ4n) is 1.93. The summed E-state index contributed by atoms with van der Waals surface area (Å²) in [7, 11) is 3.18. The van der Waals surface area contributed by atoms with Crippen molar-refractivity contribution < 1.29 is 13.9 Å². The molecule has 0 aliphatic heterocycles. The fraction of sp³-hybridized carbons (Fsp3) is 0.357. The van der Waals surface area contributed by atoms with Gasteiger partial charge in [0.05, 0.1) is 25.4 Å². The van der Waals surface area contributed by atoms with E-state index in [1.54, 1.807) is 32.5 Å². The van der Waals surface area contributed by atoms with Crippen LogP contribution in [0.3, 0.4) is 0 Å². The summed E-state index contributed by atoms with van der Waals surface area (Å²) in [5.74, 6) is 0.776. The van der Waals surface area contributed by atoms with Crippen molar-refractivity contribution in [3.05, 3.63) is 36.4 Å². The fourth-order valence-corrected chi connectivity index (χ4v) is 1.93. The number of anilines is 2. The van der Waals surface area contributed by atoms with Crippen LogP contribution in [0.5, 0.6) is 5.75 Å². The quantitative estimate of drug-likeness (QED) is 0.883. The minimum Gasteiger partial charge on any atom is -0.497 e. The largest absolute Gasteiger partial charge is 0.497 e. The molecule has 1 unspecified atom stereocenters. The summed E-state index contributed by atoms with van der Waals surface area (Å²) < 4.78 is 25.9. The minimum atomic E-state index is -0.361. The van der Waals surface area contributed by atoms with Gasteiger partial charge in [0.15, 0.2) is 0 Å². The van der Waals surface area contributed by atoms with Crippen LogP contribution in [0.4, 0.5) is 16.0 Å². The van der Waals surface area contributed by atoms with E-state index in [-0.39, 0.29) is 11.9 Å². The zero-order chi connectivity index (χ0) is 14.5. The van der Waals surface area contributed by atoms with E-state index in [2.05, 4.69) is 10.3 Å². The summed E-state index contributed by atoms with van der Waals surface area (Å²) in [6, 6.07) is 4.61. The topological polar surface area (TPSA) is 48.3 Å². The lowest BCUT2D eigenvalue weighted by Crippen LogP contribution is -2.13. The van der Waals surface area contributed by atoms with E-state index in [0.29, 0.717) is 24.0 Å². The molecule has 0 aliphatic rings. The van der Waals surface area contributed by atoms with Gasteiger partial charge in [-0.3, -0.25) is 0 Å². The van der Waals surface area contributed by atoms with E-state index in [9.17, 15) is 4.39 Å². The number of nitrogens with zero attached hydrogens (tertiary/aromatic N) is 2. The summed E-state index contributed by atoms with van der Waals surface area (Å²) in [4.78, 5) is 4.20. The van der Waals surface area contributed by atoms with E-state index in [1.807, 2.05) is 17.7 Å². The molecule has 0 aliphatic carbocycles. The Balaban J connectivity index is 2.24. The molecule has 2 rings (SSSR count). The van der Waals surface area contributed by atoms with Crippen LogP contribution in [-0.4, -0.2) is 30.4 Å². The van der Waals surface area contributed by atoms with Crippen molar-refractivity contribution in [2.24, 2.45) is 0 Å². The molecule has 1 aromatic carbocycles. The second-order valence-electron chi connectivity index (χ2n) is 4.43.